The molecule has 0 aliphatic carbocycles. The molecule has 0 radical (unpaired) electrons. The summed E-state index contributed by atoms with van der Waals surface area (Å²) in [5.74, 6) is 0. The molecule has 0 unspecified atom stereocenters. The number of carbonyl (C=O) groups excluding carboxylic acids is 1. The maximum absolute atomic E-state index is 11.7. The SMILES string of the molecule is O=Cc1cc2c(=O)oc3ccccc3c2[nH]1.O=c1oc2ccccc2c2[nH]c(CO)cc12. The maximum atomic E-state index is 11.7. The van der Waals surface area contributed by atoms with Crippen molar-refractivity contribution in [1.29, 1.82) is 0 Å². The third kappa shape index (κ3) is 3.19. The Morgan fingerprint density at radius 1 is 0.750 bits per heavy atom. The molecule has 32 heavy (non-hydrogen) atoms. The van der Waals surface area contributed by atoms with E-state index >= 15 is 0 Å². The highest BCUT2D eigenvalue weighted by Gasteiger charge is 2.10. The smallest absolute Gasteiger partial charge is 0.345 e. The van der Waals surface area contributed by atoms with E-state index in [-0.39, 0.29) is 12.2 Å². The first-order valence-corrected chi connectivity index (χ1v) is 9.73. The van der Waals surface area contributed by atoms with Crippen molar-refractivity contribution in [2.75, 3.05) is 0 Å². The number of rotatable bonds is 2. The van der Waals surface area contributed by atoms with Crippen molar-refractivity contribution in [2.24, 2.45) is 0 Å². The third-order valence-corrected chi connectivity index (χ3v) is 5.17. The van der Waals surface area contributed by atoms with Crippen LogP contribution in [0.1, 0.15) is 16.2 Å². The number of aliphatic hydroxyl groups is 1. The topological polar surface area (TPSA) is 129 Å². The number of nitrogens with one attached hydrogen (secondary N) is 2. The van der Waals surface area contributed by atoms with Gasteiger partial charge in [-0.3, -0.25) is 4.79 Å². The van der Waals surface area contributed by atoms with Crippen LogP contribution >= 0.6 is 0 Å². The summed E-state index contributed by atoms with van der Waals surface area (Å²) in [6, 6.07) is 17.6. The van der Waals surface area contributed by atoms with Crippen molar-refractivity contribution in [3.8, 4) is 0 Å². The minimum atomic E-state index is -0.432. The zero-order valence-corrected chi connectivity index (χ0v) is 16.5. The van der Waals surface area contributed by atoms with E-state index in [2.05, 4.69) is 9.97 Å². The van der Waals surface area contributed by atoms with E-state index < -0.39 is 5.63 Å². The second-order valence-electron chi connectivity index (χ2n) is 7.14. The number of para-hydroxylation sites is 2. The number of benzene rings is 2. The molecular formula is C24H16N2O6. The minimum Gasteiger partial charge on any atom is -0.422 e. The van der Waals surface area contributed by atoms with Gasteiger partial charge in [-0.05, 0) is 36.4 Å². The highest BCUT2D eigenvalue weighted by Crippen LogP contribution is 2.23. The van der Waals surface area contributed by atoms with E-state index in [4.69, 9.17) is 13.9 Å². The van der Waals surface area contributed by atoms with Crippen molar-refractivity contribution < 1.29 is 18.7 Å². The van der Waals surface area contributed by atoms with Crippen LogP contribution < -0.4 is 11.3 Å². The van der Waals surface area contributed by atoms with E-state index in [1.807, 2.05) is 30.3 Å². The predicted octanol–water partition coefficient (Wildman–Crippen LogP) is 3.85. The fourth-order valence-corrected chi connectivity index (χ4v) is 3.72. The van der Waals surface area contributed by atoms with Crippen molar-refractivity contribution in [3.05, 3.63) is 92.9 Å². The van der Waals surface area contributed by atoms with E-state index in [0.29, 0.717) is 45.1 Å². The first kappa shape index (κ1) is 19.5. The molecule has 6 aromatic rings. The first-order chi connectivity index (χ1) is 15.6. The van der Waals surface area contributed by atoms with E-state index in [9.17, 15) is 14.4 Å². The summed E-state index contributed by atoms with van der Waals surface area (Å²) in [7, 11) is 0. The number of hydrogen-bond donors (Lipinski definition) is 3. The van der Waals surface area contributed by atoms with Gasteiger partial charge in [-0.15, -0.1) is 0 Å². The summed E-state index contributed by atoms with van der Waals surface area (Å²) < 4.78 is 10.3. The molecule has 0 saturated heterocycles. The molecule has 6 rings (SSSR count). The molecule has 0 aliphatic rings. The van der Waals surface area contributed by atoms with Crippen LogP contribution in [0.2, 0.25) is 0 Å². The number of H-pyrrole nitrogens is 2. The average Bonchev–Trinajstić information content (AvgIpc) is 3.45. The molecule has 8 nitrogen and oxygen atoms in total. The van der Waals surface area contributed by atoms with Gasteiger partial charge in [0.05, 0.1) is 34.1 Å². The molecule has 4 heterocycles. The van der Waals surface area contributed by atoms with E-state index in [1.165, 1.54) is 6.07 Å². The van der Waals surface area contributed by atoms with Crippen molar-refractivity contribution >= 4 is 50.0 Å². The molecule has 0 bridgehead atoms. The fourth-order valence-electron chi connectivity index (χ4n) is 3.72. The van der Waals surface area contributed by atoms with Gasteiger partial charge in [0.1, 0.15) is 11.2 Å². The summed E-state index contributed by atoms with van der Waals surface area (Å²) in [5, 5.41) is 11.6. The zero-order chi connectivity index (χ0) is 22.2. The Balaban J connectivity index is 0.000000135. The molecule has 0 aliphatic heterocycles. The van der Waals surface area contributed by atoms with Gasteiger partial charge >= 0.3 is 11.3 Å². The van der Waals surface area contributed by atoms with Gasteiger partial charge in [-0.1, -0.05) is 24.3 Å². The lowest BCUT2D eigenvalue weighted by atomic mass is 10.2. The van der Waals surface area contributed by atoms with Crippen LogP contribution in [0.3, 0.4) is 0 Å². The largest absolute Gasteiger partial charge is 0.422 e. The fraction of sp³-hybridized carbons (Fsp3) is 0.0417. The summed E-state index contributed by atoms with van der Waals surface area (Å²) in [5.41, 5.74) is 2.59. The highest BCUT2D eigenvalue weighted by molar-refractivity contribution is 6.04. The Bertz CT molecular complexity index is 1730. The Labute approximate surface area is 178 Å². The summed E-state index contributed by atoms with van der Waals surface area (Å²) in [4.78, 5) is 39.9. The van der Waals surface area contributed by atoms with Gasteiger partial charge in [0.2, 0.25) is 0 Å². The van der Waals surface area contributed by atoms with Crippen LogP contribution in [0.4, 0.5) is 0 Å². The Hall–Kier alpha value is -4.43. The summed E-state index contributed by atoms with van der Waals surface area (Å²) in [6.07, 6.45) is 0.675. The molecule has 8 heteroatoms. The molecule has 0 spiro atoms. The van der Waals surface area contributed by atoms with Gasteiger partial charge in [-0.2, -0.15) is 0 Å². The predicted molar refractivity (Wildman–Crippen MR) is 120 cm³/mol. The number of carbonyl (C=O) groups is 1. The molecule has 0 fully saturated rings. The summed E-state index contributed by atoms with van der Waals surface area (Å²) in [6.45, 7) is -0.123. The van der Waals surface area contributed by atoms with Gasteiger partial charge < -0.3 is 23.9 Å². The quantitative estimate of drug-likeness (QED) is 0.284. The molecule has 0 amide bonds. The zero-order valence-electron chi connectivity index (χ0n) is 16.5. The summed E-state index contributed by atoms with van der Waals surface area (Å²) >= 11 is 0. The maximum Gasteiger partial charge on any atom is 0.345 e. The molecule has 2 aromatic carbocycles. The average molecular weight is 428 g/mol. The first-order valence-electron chi connectivity index (χ1n) is 9.73. The standard InChI is InChI=1S/C12H9NO3.C12H7NO3/c2*14-6-7-5-9-11(13-7)8-3-1-2-4-10(8)16-12(9)15/h1-5,13-14H,6H2;1-6,13H. The van der Waals surface area contributed by atoms with Crippen LogP contribution in [0.15, 0.2) is 79.1 Å². The normalized spacial score (nSPS) is 11.2. The molecule has 4 aromatic heterocycles. The lowest BCUT2D eigenvalue weighted by molar-refractivity contribution is 0.112. The third-order valence-electron chi connectivity index (χ3n) is 5.17. The van der Waals surface area contributed by atoms with Crippen molar-refractivity contribution in [1.82, 2.24) is 9.97 Å². The van der Waals surface area contributed by atoms with Crippen LogP contribution in [-0.2, 0) is 6.61 Å². The Morgan fingerprint density at radius 3 is 1.84 bits per heavy atom. The van der Waals surface area contributed by atoms with Gasteiger partial charge in [0, 0.05) is 16.5 Å². The number of fused-ring (bicyclic) bond motifs is 6. The van der Waals surface area contributed by atoms with Crippen molar-refractivity contribution in [2.45, 2.75) is 6.61 Å². The Morgan fingerprint density at radius 2 is 1.28 bits per heavy atom. The molecule has 158 valence electrons. The number of aliphatic hydroxyl groups excluding tert-OH is 1. The van der Waals surface area contributed by atoms with Gasteiger partial charge in [0.25, 0.3) is 0 Å². The van der Waals surface area contributed by atoms with Crippen LogP contribution in [-0.4, -0.2) is 21.4 Å². The highest BCUT2D eigenvalue weighted by atomic mass is 16.4. The second-order valence-corrected chi connectivity index (χ2v) is 7.14. The number of aldehydes is 1. The number of aromatic nitrogens is 2. The number of hydrogen-bond acceptors (Lipinski definition) is 6. The van der Waals surface area contributed by atoms with Crippen LogP contribution in [0.5, 0.6) is 0 Å². The molecule has 3 N–H and O–H groups in total. The molecule has 0 saturated carbocycles. The second kappa shape index (κ2) is 7.68. The minimum absolute atomic E-state index is 0.123. The van der Waals surface area contributed by atoms with E-state index in [0.717, 1.165) is 16.3 Å². The van der Waals surface area contributed by atoms with Crippen molar-refractivity contribution in [3.63, 3.8) is 0 Å². The monoisotopic (exact) mass is 428 g/mol. The van der Waals surface area contributed by atoms with Gasteiger partial charge in [0.15, 0.2) is 6.29 Å². The van der Waals surface area contributed by atoms with Gasteiger partial charge in [-0.25, -0.2) is 9.59 Å². The number of aromatic amines is 2. The molecular weight excluding hydrogens is 412 g/mol. The van der Waals surface area contributed by atoms with Crippen LogP contribution in [0.25, 0.3) is 43.7 Å². The van der Waals surface area contributed by atoms with Crippen LogP contribution in [0, 0.1) is 0 Å². The lowest BCUT2D eigenvalue weighted by Gasteiger charge is -1.96. The van der Waals surface area contributed by atoms with E-state index in [1.54, 1.807) is 24.3 Å². The Kier molecular flexibility index (Phi) is 4.68. The molecule has 0 atom stereocenters. The lowest BCUT2D eigenvalue weighted by Crippen LogP contribution is -1.97.